The first-order valence-electron chi connectivity index (χ1n) is 7.48. The predicted octanol–water partition coefficient (Wildman–Crippen LogP) is 3.25. The standard InChI is InChI=1S/C19H19NO3/c1-19(2,23-4)18(22)13-9-10-16-14(17(13)21)11-12-7-5-6-8-15(12)20(16)3/h5-11H,1-4H3. The van der Waals surface area contributed by atoms with Crippen LogP contribution in [0.5, 0.6) is 0 Å². The van der Waals surface area contributed by atoms with Crippen LogP contribution in [0, 0.1) is 0 Å². The van der Waals surface area contributed by atoms with E-state index in [0.29, 0.717) is 5.56 Å². The topological polar surface area (TPSA) is 48.3 Å². The number of aryl methyl sites for hydroxylation is 1. The number of benzene rings is 2. The Hall–Kier alpha value is -2.46. The third kappa shape index (κ3) is 2.35. The van der Waals surface area contributed by atoms with Gasteiger partial charge in [-0.2, -0.15) is 0 Å². The van der Waals surface area contributed by atoms with Gasteiger partial charge in [-0.1, -0.05) is 18.2 Å². The number of hydrogen-bond donors (Lipinski definition) is 0. The Kier molecular flexibility index (Phi) is 3.57. The fourth-order valence-corrected chi connectivity index (χ4v) is 2.82. The highest BCUT2D eigenvalue weighted by molar-refractivity contribution is 6.03. The van der Waals surface area contributed by atoms with Gasteiger partial charge in [0.25, 0.3) is 0 Å². The lowest BCUT2D eigenvalue weighted by Gasteiger charge is -2.22. The second-order valence-electron chi connectivity index (χ2n) is 6.18. The van der Waals surface area contributed by atoms with E-state index in [1.165, 1.54) is 7.11 Å². The summed E-state index contributed by atoms with van der Waals surface area (Å²) < 4.78 is 7.20. The van der Waals surface area contributed by atoms with Crippen LogP contribution in [0.2, 0.25) is 0 Å². The molecule has 0 radical (unpaired) electrons. The molecule has 1 aromatic carbocycles. The molecule has 4 nitrogen and oxygen atoms in total. The maximum Gasteiger partial charge on any atom is 0.198 e. The van der Waals surface area contributed by atoms with Gasteiger partial charge in [-0.3, -0.25) is 9.59 Å². The lowest BCUT2D eigenvalue weighted by molar-refractivity contribution is 0.0227. The van der Waals surface area contributed by atoms with Gasteiger partial charge in [0.1, 0.15) is 5.60 Å². The number of ketones is 1. The maximum atomic E-state index is 12.8. The van der Waals surface area contributed by atoms with Gasteiger partial charge in [-0.05, 0) is 43.5 Å². The molecule has 0 atom stereocenters. The second-order valence-corrected chi connectivity index (χ2v) is 6.18. The molecule has 3 rings (SSSR count). The van der Waals surface area contributed by atoms with E-state index in [2.05, 4.69) is 0 Å². The Labute approximate surface area is 134 Å². The number of carbonyl (C=O) groups is 1. The minimum absolute atomic E-state index is 0.166. The summed E-state index contributed by atoms with van der Waals surface area (Å²) in [7, 11) is 3.39. The summed E-state index contributed by atoms with van der Waals surface area (Å²) in [5.74, 6) is -0.303. The molecule has 1 aromatic rings. The molecule has 0 bridgehead atoms. The van der Waals surface area contributed by atoms with Gasteiger partial charge in [-0.15, -0.1) is 0 Å². The zero-order valence-electron chi connectivity index (χ0n) is 13.7. The van der Waals surface area contributed by atoms with Crippen molar-refractivity contribution in [3.63, 3.8) is 0 Å². The minimum atomic E-state index is -1.02. The third-order valence-corrected chi connectivity index (χ3v) is 4.43. The van der Waals surface area contributed by atoms with Crippen LogP contribution in [0.15, 0.2) is 47.3 Å². The van der Waals surface area contributed by atoms with E-state index in [0.717, 1.165) is 16.6 Å². The average molecular weight is 309 g/mol. The Morgan fingerprint density at radius 1 is 1.13 bits per heavy atom. The molecule has 2 aliphatic rings. The van der Waals surface area contributed by atoms with Gasteiger partial charge >= 0.3 is 0 Å². The van der Waals surface area contributed by atoms with Crippen LogP contribution < -0.4 is 5.43 Å². The molecule has 0 N–H and O–H groups in total. The first-order chi connectivity index (χ1) is 10.9. The number of rotatable bonds is 3. The van der Waals surface area contributed by atoms with Crippen molar-refractivity contribution in [3.8, 4) is 11.3 Å². The van der Waals surface area contributed by atoms with E-state index < -0.39 is 5.60 Å². The number of ether oxygens (including phenoxy) is 1. The highest BCUT2D eigenvalue weighted by Crippen LogP contribution is 2.26. The van der Waals surface area contributed by atoms with E-state index in [-0.39, 0.29) is 16.8 Å². The van der Waals surface area contributed by atoms with Gasteiger partial charge in [0.15, 0.2) is 11.2 Å². The molecule has 1 heterocycles. The predicted molar refractivity (Wildman–Crippen MR) is 91.2 cm³/mol. The second kappa shape index (κ2) is 5.32. The fourth-order valence-electron chi connectivity index (χ4n) is 2.82. The highest BCUT2D eigenvalue weighted by atomic mass is 16.5. The molecule has 0 saturated carbocycles. The molecule has 0 unspecified atom stereocenters. The summed E-state index contributed by atoms with van der Waals surface area (Å²) in [6.07, 6.45) is 0. The maximum absolute atomic E-state index is 12.8. The number of para-hydroxylation sites is 1. The molecule has 23 heavy (non-hydrogen) atoms. The van der Waals surface area contributed by atoms with Crippen LogP contribution in [0.1, 0.15) is 24.2 Å². The highest BCUT2D eigenvalue weighted by Gasteiger charge is 2.31. The zero-order valence-corrected chi connectivity index (χ0v) is 13.7. The van der Waals surface area contributed by atoms with Crippen LogP contribution in [0.3, 0.4) is 0 Å². The Balaban J connectivity index is 2.32. The van der Waals surface area contributed by atoms with Crippen LogP contribution in [0.25, 0.3) is 22.2 Å². The zero-order chi connectivity index (χ0) is 16.8. The van der Waals surface area contributed by atoms with Gasteiger partial charge < -0.3 is 9.30 Å². The monoisotopic (exact) mass is 309 g/mol. The lowest BCUT2D eigenvalue weighted by atomic mass is 9.92. The largest absolute Gasteiger partial charge is 0.371 e. The van der Waals surface area contributed by atoms with Crippen molar-refractivity contribution in [1.29, 1.82) is 0 Å². The molecule has 0 fully saturated rings. The molecule has 0 spiro atoms. The third-order valence-electron chi connectivity index (χ3n) is 4.43. The summed E-state index contributed by atoms with van der Waals surface area (Å²) >= 11 is 0. The average Bonchev–Trinajstić information content (AvgIpc) is 2.55. The van der Waals surface area contributed by atoms with Crippen LogP contribution in [-0.2, 0) is 11.8 Å². The van der Waals surface area contributed by atoms with Crippen molar-refractivity contribution in [1.82, 2.24) is 4.57 Å². The SMILES string of the molecule is COC(C)(C)C(=O)c1ccc2n(C)c3ccccc3cc-2c1=O. The smallest absolute Gasteiger partial charge is 0.198 e. The van der Waals surface area contributed by atoms with Crippen molar-refractivity contribution in [2.75, 3.05) is 7.11 Å². The summed E-state index contributed by atoms with van der Waals surface area (Å²) in [4.78, 5) is 25.4. The molecule has 1 aliphatic carbocycles. The molecular formula is C19H19NO3. The van der Waals surface area contributed by atoms with E-state index >= 15 is 0 Å². The van der Waals surface area contributed by atoms with E-state index in [1.54, 1.807) is 19.9 Å². The quantitative estimate of drug-likeness (QED) is 0.551. The number of pyridine rings is 1. The molecule has 4 heteroatoms. The number of hydrogen-bond acceptors (Lipinski definition) is 3. The Bertz CT molecular complexity index is 937. The van der Waals surface area contributed by atoms with Crippen molar-refractivity contribution >= 4 is 16.7 Å². The summed E-state index contributed by atoms with van der Waals surface area (Å²) in [6.45, 7) is 3.33. The normalized spacial score (nSPS) is 12.0. The van der Waals surface area contributed by atoms with Crippen molar-refractivity contribution in [3.05, 3.63) is 58.3 Å². The van der Waals surface area contributed by atoms with Crippen molar-refractivity contribution < 1.29 is 9.53 Å². The number of carbonyl (C=O) groups excluding carboxylic acids is 1. The van der Waals surface area contributed by atoms with Gasteiger partial charge in [0.2, 0.25) is 0 Å². The molecular weight excluding hydrogens is 290 g/mol. The Morgan fingerprint density at radius 2 is 1.83 bits per heavy atom. The summed E-state index contributed by atoms with van der Waals surface area (Å²) in [5.41, 5.74) is 1.28. The van der Waals surface area contributed by atoms with Crippen LogP contribution >= 0.6 is 0 Å². The number of Topliss-reactive ketones (excluding diaryl/α,β-unsaturated/α-hetero) is 1. The van der Waals surface area contributed by atoms with Gasteiger partial charge in [0.05, 0.1) is 11.3 Å². The molecule has 118 valence electrons. The van der Waals surface area contributed by atoms with Gasteiger partial charge in [0, 0.05) is 25.2 Å². The molecule has 0 amide bonds. The number of nitrogens with zero attached hydrogens (tertiary/aromatic N) is 1. The lowest BCUT2D eigenvalue weighted by Crippen LogP contribution is -2.37. The molecule has 0 saturated heterocycles. The van der Waals surface area contributed by atoms with E-state index in [9.17, 15) is 9.59 Å². The van der Waals surface area contributed by atoms with Crippen molar-refractivity contribution in [2.24, 2.45) is 7.05 Å². The van der Waals surface area contributed by atoms with Crippen LogP contribution in [-0.4, -0.2) is 23.1 Å². The molecule has 1 aliphatic heterocycles. The first kappa shape index (κ1) is 15.4. The Morgan fingerprint density at radius 3 is 2.52 bits per heavy atom. The molecule has 0 aromatic heterocycles. The minimum Gasteiger partial charge on any atom is -0.371 e. The summed E-state index contributed by atoms with van der Waals surface area (Å²) in [6, 6.07) is 13.1. The summed E-state index contributed by atoms with van der Waals surface area (Å²) in [5, 5.41) is 0.968. The van der Waals surface area contributed by atoms with Crippen LogP contribution in [0.4, 0.5) is 0 Å². The number of fused-ring (bicyclic) bond motifs is 2. The number of methoxy groups -OCH3 is 1. The van der Waals surface area contributed by atoms with E-state index in [1.807, 2.05) is 48.0 Å². The first-order valence-corrected chi connectivity index (χ1v) is 7.48. The fraction of sp³-hybridized carbons (Fsp3) is 0.263. The van der Waals surface area contributed by atoms with E-state index in [4.69, 9.17) is 4.74 Å². The van der Waals surface area contributed by atoms with Gasteiger partial charge in [-0.25, -0.2) is 0 Å². The number of aromatic nitrogens is 1. The van der Waals surface area contributed by atoms with Crippen molar-refractivity contribution in [2.45, 2.75) is 19.4 Å².